The van der Waals surface area contributed by atoms with Gasteiger partial charge < -0.3 is 5.11 Å². The predicted molar refractivity (Wildman–Crippen MR) is 71.6 cm³/mol. The number of aryl methyl sites for hydroxylation is 3. The van der Waals surface area contributed by atoms with Crippen LogP contribution in [0.5, 0.6) is 0 Å². The summed E-state index contributed by atoms with van der Waals surface area (Å²) in [6, 6.07) is 3.61. The number of pyridine rings is 1. The van der Waals surface area contributed by atoms with E-state index in [9.17, 15) is 4.79 Å². The second kappa shape index (κ2) is 5.36. The standard InChI is InChI=1S/C13H13N3O2S/c1-7-5-11(10(6-14-7)12(17)18)19-13-15-8(2)4-9(3)16-13/h4-6H,1-3H3,(H,17,18). The number of carbonyl (C=O) groups is 1. The quantitative estimate of drug-likeness (QED) is 0.868. The van der Waals surface area contributed by atoms with E-state index in [1.54, 1.807) is 6.07 Å². The number of carboxylic acids is 1. The summed E-state index contributed by atoms with van der Waals surface area (Å²) >= 11 is 1.24. The molecule has 0 aliphatic heterocycles. The number of aromatic carboxylic acids is 1. The van der Waals surface area contributed by atoms with E-state index in [1.807, 2.05) is 26.8 Å². The molecule has 0 fully saturated rings. The summed E-state index contributed by atoms with van der Waals surface area (Å²) < 4.78 is 0. The van der Waals surface area contributed by atoms with E-state index in [4.69, 9.17) is 5.11 Å². The highest BCUT2D eigenvalue weighted by Crippen LogP contribution is 2.28. The Morgan fingerprint density at radius 1 is 1.11 bits per heavy atom. The second-order valence-electron chi connectivity index (χ2n) is 4.16. The van der Waals surface area contributed by atoms with Crippen molar-refractivity contribution in [3.63, 3.8) is 0 Å². The molecule has 98 valence electrons. The van der Waals surface area contributed by atoms with Crippen LogP contribution in [0, 0.1) is 20.8 Å². The van der Waals surface area contributed by atoms with Gasteiger partial charge in [-0.2, -0.15) is 0 Å². The van der Waals surface area contributed by atoms with Crippen LogP contribution in [0.4, 0.5) is 0 Å². The Morgan fingerprint density at radius 3 is 2.32 bits per heavy atom. The van der Waals surface area contributed by atoms with Gasteiger partial charge >= 0.3 is 5.97 Å². The number of rotatable bonds is 3. The summed E-state index contributed by atoms with van der Waals surface area (Å²) in [5, 5.41) is 9.70. The fourth-order valence-corrected chi connectivity index (χ4v) is 2.67. The molecule has 0 atom stereocenters. The van der Waals surface area contributed by atoms with Crippen molar-refractivity contribution in [2.75, 3.05) is 0 Å². The van der Waals surface area contributed by atoms with Crippen LogP contribution in [-0.2, 0) is 0 Å². The zero-order valence-corrected chi connectivity index (χ0v) is 11.7. The zero-order chi connectivity index (χ0) is 14.0. The normalized spacial score (nSPS) is 10.5. The van der Waals surface area contributed by atoms with E-state index in [-0.39, 0.29) is 5.56 Å². The first-order valence-electron chi connectivity index (χ1n) is 5.66. The van der Waals surface area contributed by atoms with Crippen LogP contribution in [0.15, 0.2) is 28.4 Å². The predicted octanol–water partition coefficient (Wildman–Crippen LogP) is 2.65. The lowest BCUT2D eigenvalue weighted by molar-refractivity contribution is 0.0692. The van der Waals surface area contributed by atoms with Gasteiger partial charge in [0.05, 0.1) is 5.56 Å². The Hall–Kier alpha value is -1.95. The van der Waals surface area contributed by atoms with Crippen molar-refractivity contribution in [3.05, 3.63) is 41.0 Å². The smallest absolute Gasteiger partial charge is 0.338 e. The van der Waals surface area contributed by atoms with E-state index in [2.05, 4.69) is 15.0 Å². The monoisotopic (exact) mass is 275 g/mol. The van der Waals surface area contributed by atoms with Crippen molar-refractivity contribution in [2.45, 2.75) is 30.8 Å². The molecule has 1 N–H and O–H groups in total. The molecule has 0 saturated heterocycles. The molecule has 2 aromatic rings. The number of carboxylic acid groups (broad SMARTS) is 1. The van der Waals surface area contributed by atoms with Gasteiger partial charge in [-0.15, -0.1) is 0 Å². The number of nitrogens with zero attached hydrogens (tertiary/aromatic N) is 3. The van der Waals surface area contributed by atoms with Crippen molar-refractivity contribution in [1.82, 2.24) is 15.0 Å². The number of hydrogen-bond acceptors (Lipinski definition) is 5. The lowest BCUT2D eigenvalue weighted by Crippen LogP contribution is -2.01. The third-order valence-corrected chi connectivity index (χ3v) is 3.32. The van der Waals surface area contributed by atoms with Gasteiger partial charge in [0.15, 0.2) is 5.16 Å². The lowest BCUT2D eigenvalue weighted by atomic mass is 10.2. The first-order chi connectivity index (χ1) is 8.95. The number of aromatic nitrogens is 3. The van der Waals surface area contributed by atoms with Crippen LogP contribution < -0.4 is 0 Å². The molecule has 0 bridgehead atoms. The fraction of sp³-hybridized carbons (Fsp3) is 0.231. The molecule has 6 heteroatoms. The average molecular weight is 275 g/mol. The Morgan fingerprint density at radius 2 is 1.74 bits per heavy atom. The molecule has 2 rings (SSSR count). The lowest BCUT2D eigenvalue weighted by Gasteiger charge is -2.06. The Labute approximate surface area is 115 Å². The first-order valence-corrected chi connectivity index (χ1v) is 6.47. The molecule has 0 spiro atoms. The highest BCUT2D eigenvalue weighted by atomic mass is 32.2. The fourth-order valence-electron chi connectivity index (χ4n) is 1.62. The minimum Gasteiger partial charge on any atom is -0.478 e. The summed E-state index contributed by atoms with van der Waals surface area (Å²) in [5.74, 6) is -1.00. The minimum absolute atomic E-state index is 0.165. The molecule has 2 aromatic heterocycles. The molecule has 0 unspecified atom stereocenters. The molecule has 0 aliphatic carbocycles. The highest BCUT2D eigenvalue weighted by Gasteiger charge is 2.13. The molecule has 5 nitrogen and oxygen atoms in total. The van der Waals surface area contributed by atoms with E-state index >= 15 is 0 Å². The van der Waals surface area contributed by atoms with Crippen molar-refractivity contribution >= 4 is 17.7 Å². The second-order valence-corrected chi connectivity index (χ2v) is 5.17. The average Bonchev–Trinajstić information content (AvgIpc) is 2.26. The van der Waals surface area contributed by atoms with Crippen LogP contribution >= 0.6 is 11.8 Å². The topological polar surface area (TPSA) is 76.0 Å². The molecule has 0 saturated carbocycles. The van der Waals surface area contributed by atoms with Gasteiger partial charge in [-0.05, 0) is 44.7 Å². The summed E-state index contributed by atoms with van der Waals surface area (Å²) in [5.41, 5.74) is 2.64. The summed E-state index contributed by atoms with van der Waals surface area (Å²) in [6.45, 7) is 5.58. The van der Waals surface area contributed by atoms with Gasteiger partial charge in [-0.3, -0.25) is 4.98 Å². The van der Waals surface area contributed by atoms with Crippen molar-refractivity contribution in [1.29, 1.82) is 0 Å². The Bertz CT molecular complexity index is 624. The largest absolute Gasteiger partial charge is 0.478 e. The van der Waals surface area contributed by atoms with Gasteiger partial charge in [-0.25, -0.2) is 14.8 Å². The molecular formula is C13H13N3O2S. The molecule has 0 radical (unpaired) electrons. The zero-order valence-electron chi connectivity index (χ0n) is 10.8. The van der Waals surface area contributed by atoms with Crippen molar-refractivity contribution < 1.29 is 9.90 Å². The van der Waals surface area contributed by atoms with Gasteiger partial charge in [0.1, 0.15) is 0 Å². The Kier molecular flexibility index (Phi) is 3.80. The Balaban J connectivity index is 2.42. The summed E-state index contributed by atoms with van der Waals surface area (Å²) in [4.78, 5) is 24.4. The van der Waals surface area contributed by atoms with Crippen LogP contribution in [0.25, 0.3) is 0 Å². The maximum atomic E-state index is 11.2. The third kappa shape index (κ3) is 3.29. The van der Waals surface area contributed by atoms with E-state index < -0.39 is 5.97 Å². The molecule has 0 aromatic carbocycles. The van der Waals surface area contributed by atoms with Gasteiger partial charge in [0, 0.05) is 28.2 Å². The van der Waals surface area contributed by atoms with Crippen LogP contribution in [-0.4, -0.2) is 26.0 Å². The first kappa shape index (κ1) is 13.5. The van der Waals surface area contributed by atoms with Crippen molar-refractivity contribution in [2.24, 2.45) is 0 Å². The maximum absolute atomic E-state index is 11.2. The minimum atomic E-state index is -1.00. The van der Waals surface area contributed by atoms with Gasteiger partial charge in [0.2, 0.25) is 0 Å². The number of hydrogen-bond donors (Lipinski definition) is 1. The molecule has 0 aliphatic rings. The summed E-state index contributed by atoms with van der Waals surface area (Å²) in [6.07, 6.45) is 1.36. The summed E-state index contributed by atoms with van der Waals surface area (Å²) in [7, 11) is 0. The van der Waals surface area contributed by atoms with Gasteiger partial charge in [-0.1, -0.05) is 0 Å². The van der Waals surface area contributed by atoms with Crippen molar-refractivity contribution in [3.8, 4) is 0 Å². The van der Waals surface area contributed by atoms with Crippen LogP contribution in [0.1, 0.15) is 27.4 Å². The molecular weight excluding hydrogens is 262 g/mol. The molecule has 2 heterocycles. The maximum Gasteiger partial charge on any atom is 0.338 e. The highest BCUT2D eigenvalue weighted by molar-refractivity contribution is 7.99. The van der Waals surface area contributed by atoms with Crippen LogP contribution in [0.3, 0.4) is 0 Å². The van der Waals surface area contributed by atoms with Gasteiger partial charge in [0.25, 0.3) is 0 Å². The van der Waals surface area contributed by atoms with E-state index in [0.29, 0.717) is 10.1 Å². The van der Waals surface area contributed by atoms with E-state index in [0.717, 1.165) is 17.1 Å². The molecule has 0 amide bonds. The molecule has 19 heavy (non-hydrogen) atoms. The van der Waals surface area contributed by atoms with E-state index in [1.165, 1.54) is 18.0 Å². The SMILES string of the molecule is Cc1cc(Sc2nc(C)cc(C)n2)c(C(=O)O)cn1. The van der Waals surface area contributed by atoms with Crippen LogP contribution in [0.2, 0.25) is 0 Å². The third-order valence-electron chi connectivity index (χ3n) is 2.40.